The van der Waals surface area contributed by atoms with Gasteiger partial charge >= 0.3 is 0 Å². The molecule has 0 aliphatic rings. The average molecular weight is 301 g/mol. The highest BCUT2D eigenvalue weighted by Gasteiger charge is 2.11. The Balaban J connectivity index is 1.63. The lowest BCUT2D eigenvalue weighted by Crippen LogP contribution is -2.18. The molecule has 0 spiro atoms. The van der Waals surface area contributed by atoms with Crippen molar-refractivity contribution in [2.45, 2.75) is 25.3 Å². The molecule has 0 saturated carbocycles. The second-order valence-corrected chi connectivity index (χ2v) is 5.91. The van der Waals surface area contributed by atoms with E-state index in [-0.39, 0.29) is 6.04 Å². The monoisotopic (exact) mass is 301 g/mol. The maximum absolute atomic E-state index is 5.76. The van der Waals surface area contributed by atoms with Crippen LogP contribution in [0.2, 0.25) is 0 Å². The minimum atomic E-state index is 0.145. The molecule has 5 heteroatoms. The molecule has 21 heavy (non-hydrogen) atoms. The number of fused-ring (bicyclic) bond motifs is 1. The van der Waals surface area contributed by atoms with Crippen molar-refractivity contribution >= 4 is 22.8 Å². The zero-order valence-electron chi connectivity index (χ0n) is 12.2. The largest absolute Gasteiger partial charge is 0.464 e. The van der Waals surface area contributed by atoms with Gasteiger partial charge in [-0.1, -0.05) is 12.1 Å². The summed E-state index contributed by atoms with van der Waals surface area (Å²) in [5.74, 6) is 3.85. The number of aromatic amines is 1. The van der Waals surface area contributed by atoms with Crippen molar-refractivity contribution in [3.63, 3.8) is 0 Å². The van der Waals surface area contributed by atoms with Gasteiger partial charge in [0.25, 0.3) is 0 Å². The SMILES string of the molecule is CSCc1ccc(CNC(C)c2nc3ccccc3[nH]2)o1. The van der Waals surface area contributed by atoms with E-state index in [0.717, 1.165) is 34.1 Å². The summed E-state index contributed by atoms with van der Waals surface area (Å²) < 4.78 is 5.76. The Morgan fingerprint density at radius 1 is 1.24 bits per heavy atom. The number of hydrogen-bond donors (Lipinski definition) is 2. The highest BCUT2D eigenvalue weighted by atomic mass is 32.2. The van der Waals surface area contributed by atoms with Gasteiger partial charge in [-0.15, -0.1) is 0 Å². The molecule has 110 valence electrons. The standard InChI is InChI=1S/C16H19N3OS/c1-11(16-18-14-5-3-4-6-15(14)19-16)17-9-12-7-8-13(20-12)10-21-2/h3-8,11,17H,9-10H2,1-2H3,(H,18,19). The molecule has 3 rings (SSSR count). The number of benzene rings is 1. The van der Waals surface area contributed by atoms with Crippen LogP contribution in [-0.2, 0) is 12.3 Å². The van der Waals surface area contributed by atoms with Gasteiger partial charge in [0.1, 0.15) is 17.3 Å². The van der Waals surface area contributed by atoms with Crippen LogP contribution < -0.4 is 5.32 Å². The molecule has 2 aromatic heterocycles. The van der Waals surface area contributed by atoms with E-state index in [4.69, 9.17) is 4.42 Å². The van der Waals surface area contributed by atoms with E-state index in [1.807, 2.05) is 36.4 Å². The molecule has 0 aliphatic carbocycles. The minimum absolute atomic E-state index is 0.145. The first-order chi connectivity index (χ1) is 10.3. The second kappa shape index (κ2) is 6.37. The quantitative estimate of drug-likeness (QED) is 0.725. The first kappa shape index (κ1) is 14.2. The Bertz CT molecular complexity index is 686. The molecule has 3 aromatic rings. The summed E-state index contributed by atoms with van der Waals surface area (Å²) in [5.41, 5.74) is 2.07. The fourth-order valence-corrected chi connectivity index (χ4v) is 2.70. The lowest BCUT2D eigenvalue weighted by Gasteiger charge is -2.09. The Kier molecular flexibility index (Phi) is 4.31. The van der Waals surface area contributed by atoms with E-state index < -0.39 is 0 Å². The van der Waals surface area contributed by atoms with Crippen molar-refractivity contribution in [3.05, 3.63) is 53.7 Å². The molecule has 0 radical (unpaired) electrons. The predicted molar refractivity (Wildman–Crippen MR) is 87.3 cm³/mol. The van der Waals surface area contributed by atoms with Crippen molar-refractivity contribution in [1.29, 1.82) is 0 Å². The highest BCUT2D eigenvalue weighted by molar-refractivity contribution is 7.97. The normalized spacial score (nSPS) is 12.9. The van der Waals surface area contributed by atoms with Gasteiger partial charge in [0.05, 0.1) is 29.4 Å². The van der Waals surface area contributed by atoms with Crippen LogP contribution in [0.3, 0.4) is 0 Å². The van der Waals surface area contributed by atoms with Crippen LogP contribution in [0.4, 0.5) is 0 Å². The van der Waals surface area contributed by atoms with Gasteiger partial charge in [-0.2, -0.15) is 11.8 Å². The van der Waals surface area contributed by atoms with E-state index in [2.05, 4.69) is 28.5 Å². The number of aromatic nitrogens is 2. The van der Waals surface area contributed by atoms with Crippen LogP contribution in [0.1, 0.15) is 30.3 Å². The third-order valence-electron chi connectivity index (χ3n) is 3.40. The van der Waals surface area contributed by atoms with Crippen LogP contribution in [0.25, 0.3) is 11.0 Å². The van der Waals surface area contributed by atoms with E-state index in [9.17, 15) is 0 Å². The van der Waals surface area contributed by atoms with Crippen molar-refractivity contribution in [2.75, 3.05) is 6.26 Å². The highest BCUT2D eigenvalue weighted by Crippen LogP contribution is 2.17. The Labute approximate surface area is 128 Å². The molecule has 2 heterocycles. The van der Waals surface area contributed by atoms with E-state index in [1.54, 1.807) is 11.8 Å². The van der Waals surface area contributed by atoms with Gasteiger partial charge in [-0.3, -0.25) is 0 Å². The zero-order chi connectivity index (χ0) is 14.7. The van der Waals surface area contributed by atoms with Gasteiger partial charge in [-0.25, -0.2) is 4.98 Å². The maximum Gasteiger partial charge on any atom is 0.124 e. The summed E-state index contributed by atoms with van der Waals surface area (Å²) in [6.45, 7) is 2.80. The molecule has 0 fully saturated rings. The molecule has 0 bridgehead atoms. The summed E-state index contributed by atoms with van der Waals surface area (Å²) in [4.78, 5) is 7.96. The molecular weight excluding hydrogens is 282 g/mol. The molecular formula is C16H19N3OS. The lowest BCUT2D eigenvalue weighted by atomic mass is 10.3. The van der Waals surface area contributed by atoms with Crippen LogP contribution in [0.5, 0.6) is 0 Å². The van der Waals surface area contributed by atoms with E-state index in [1.165, 1.54) is 0 Å². The van der Waals surface area contributed by atoms with Crippen LogP contribution in [-0.4, -0.2) is 16.2 Å². The molecule has 1 unspecified atom stereocenters. The number of nitrogens with zero attached hydrogens (tertiary/aromatic N) is 1. The second-order valence-electron chi connectivity index (χ2n) is 5.04. The van der Waals surface area contributed by atoms with Gasteiger partial charge in [0, 0.05) is 0 Å². The third kappa shape index (κ3) is 3.31. The molecule has 2 N–H and O–H groups in total. The van der Waals surface area contributed by atoms with Crippen molar-refractivity contribution < 1.29 is 4.42 Å². The fraction of sp³-hybridized carbons (Fsp3) is 0.312. The first-order valence-electron chi connectivity index (χ1n) is 7.01. The topological polar surface area (TPSA) is 53.9 Å². The summed E-state index contributed by atoms with van der Waals surface area (Å²) in [6, 6.07) is 12.3. The predicted octanol–water partition coefficient (Wildman–Crippen LogP) is 3.87. The van der Waals surface area contributed by atoms with Gasteiger partial charge in [0.15, 0.2) is 0 Å². The lowest BCUT2D eigenvalue weighted by molar-refractivity contribution is 0.438. The summed E-state index contributed by atoms with van der Waals surface area (Å²) in [5, 5.41) is 3.44. The summed E-state index contributed by atoms with van der Waals surface area (Å²) in [7, 11) is 0. The molecule has 0 aliphatic heterocycles. The molecule has 1 aromatic carbocycles. The third-order valence-corrected chi connectivity index (χ3v) is 3.98. The number of imidazole rings is 1. The Hall–Kier alpha value is -1.72. The van der Waals surface area contributed by atoms with Crippen molar-refractivity contribution in [3.8, 4) is 0 Å². The zero-order valence-corrected chi connectivity index (χ0v) is 13.0. The first-order valence-corrected chi connectivity index (χ1v) is 8.40. The van der Waals surface area contributed by atoms with E-state index >= 15 is 0 Å². The van der Waals surface area contributed by atoms with Gasteiger partial charge in [0.2, 0.25) is 0 Å². The average Bonchev–Trinajstić information content (AvgIpc) is 3.11. The number of nitrogens with one attached hydrogen (secondary N) is 2. The number of H-pyrrole nitrogens is 1. The van der Waals surface area contributed by atoms with Crippen molar-refractivity contribution in [2.24, 2.45) is 0 Å². The number of hydrogen-bond acceptors (Lipinski definition) is 4. The smallest absolute Gasteiger partial charge is 0.124 e. The minimum Gasteiger partial charge on any atom is -0.464 e. The number of rotatable bonds is 6. The van der Waals surface area contributed by atoms with Crippen LogP contribution >= 0.6 is 11.8 Å². The van der Waals surface area contributed by atoms with Crippen LogP contribution in [0, 0.1) is 0 Å². The Morgan fingerprint density at radius 2 is 2.05 bits per heavy atom. The summed E-state index contributed by atoms with van der Waals surface area (Å²) >= 11 is 1.76. The van der Waals surface area contributed by atoms with Crippen molar-refractivity contribution in [1.82, 2.24) is 15.3 Å². The molecule has 4 nitrogen and oxygen atoms in total. The molecule has 0 amide bonds. The van der Waals surface area contributed by atoms with Gasteiger partial charge in [-0.05, 0) is 37.4 Å². The number of thioether (sulfide) groups is 1. The number of furan rings is 1. The number of para-hydroxylation sites is 2. The molecule has 0 saturated heterocycles. The van der Waals surface area contributed by atoms with E-state index in [0.29, 0.717) is 6.54 Å². The summed E-state index contributed by atoms with van der Waals surface area (Å²) in [6.07, 6.45) is 2.07. The fourth-order valence-electron chi connectivity index (χ4n) is 2.27. The van der Waals surface area contributed by atoms with Gasteiger partial charge < -0.3 is 14.7 Å². The Morgan fingerprint density at radius 3 is 2.86 bits per heavy atom. The maximum atomic E-state index is 5.76. The molecule has 1 atom stereocenters. The van der Waals surface area contributed by atoms with Crippen LogP contribution in [0.15, 0.2) is 40.8 Å².